The Morgan fingerprint density at radius 2 is 2.56 bits per heavy atom. The fourth-order valence-electron chi connectivity index (χ4n) is 0.974. The molecule has 1 heterocycles. The van der Waals surface area contributed by atoms with Crippen molar-refractivity contribution < 1.29 is 4.79 Å². The van der Waals surface area contributed by atoms with Gasteiger partial charge in [0, 0.05) is 13.1 Å². The van der Waals surface area contributed by atoms with Gasteiger partial charge in [-0.05, 0) is 13.3 Å². The van der Waals surface area contributed by atoms with Gasteiger partial charge in [-0.25, -0.2) is 0 Å². The molecule has 0 aromatic carbocycles. The first-order valence-corrected chi connectivity index (χ1v) is 3.17. The molecule has 0 bridgehead atoms. The lowest BCUT2D eigenvalue weighted by Crippen LogP contribution is -2.35. The Labute approximate surface area is 54.6 Å². The van der Waals surface area contributed by atoms with Crippen LogP contribution in [0.3, 0.4) is 0 Å². The Morgan fingerprint density at radius 3 is 2.78 bits per heavy atom. The molecule has 0 saturated carbocycles. The smallest absolute Gasteiger partial charge is 0.227 e. The summed E-state index contributed by atoms with van der Waals surface area (Å²) >= 11 is 0. The number of rotatable bonds is 1. The molecular formula is C6H12N2O. The molecule has 0 aliphatic carbocycles. The quantitative estimate of drug-likeness (QED) is 0.499. The summed E-state index contributed by atoms with van der Waals surface area (Å²) in [5.74, 6) is 0.102. The molecule has 3 N–H and O–H groups in total. The van der Waals surface area contributed by atoms with Crippen LogP contribution in [0.25, 0.3) is 0 Å². The zero-order chi connectivity index (χ0) is 6.91. The minimum atomic E-state index is -0.278. The monoisotopic (exact) mass is 128 g/mol. The van der Waals surface area contributed by atoms with Crippen LogP contribution in [0.2, 0.25) is 0 Å². The highest BCUT2D eigenvalue weighted by atomic mass is 16.2. The highest BCUT2D eigenvalue weighted by Crippen LogP contribution is 2.23. The largest absolute Gasteiger partial charge is 0.356 e. The third-order valence-corrected chi connectivity index (χ3v) is 1.96. The fourth-order valence-corrected chi connectivity index (χ4v) is 0.974. The van der Waals surface area contributed by atoms with E-state index in [1.54, 1.807) is 0 Å². The maximum Gasteiger partial charge on any atom is 0.227 e. The highest BCUT2D eigenvalue weighted by molar-refractivity contribution is 5.84. The van der Waals surface area contributed by atoms with E-state index in [1.807, 2.05) is 6.92 Å². The number of carbonyl (C=O) groups excluding carboxylic acids is 1. The number of nitrogens with two attached hydrogens (primary N) is 1. The SMILES string of the molecule is C[C@@]1(CN)CCNC1=O. The standard InChI is InChI=1S/C6H12N2O/c1-6(4-7)2-3-8-5(6)9/h2-4,7H2,1H3,(H,8,9)/t6-/m0/s1. The molecular weight excluding hydrogens is 116 g/mol. The van der Waals surface area contributed by atoms with Crippen molar-refractivity contribution in [3.8, 4) is 0 Å². The third-order valence-electron chi connectivity index (χ3n) is 1.96. The lowest BCUT2D eigenvalue weighted by Gasteiger charge is -2.15. The molecule has 0 aromatic rings. The summed E-state index contributed by atoms with van der Waals surface area (Å²) in [7, 11) is 0. The van der Waals surface area contributed by atoms with Gasteiger partial charge in [0.1, 0.15) is 0 Å². The van der Waals surface area contributed by atoms with Crippen LogP contribution in [0.15, 0.2) is 0 Å². The average molecular weight is 128 g/mol. The predicted molar refractivity (Wildman–Crippen MR) is 34.8 cm³/mol. The second-order valence-corrected chi connectivity index (χ2v) is 2.77. The van der Waals surface area contributed by atoms with Gasteiger partial charge in [-0.15, -0.1) is 0 Å². The summed E-state index contributed by atoms with van der Waals surface area (Å²) in [4.78, 5) is 10.9. The van der Waals surface area contributed by atoms with Gasteiger partial charge in [0.15, 0.2) is 0 Å². The molecule has 0 spiro atoms. The lowest BCUT2D eigenvalue weighted by atomic mass is 9.89. The van der Waals surface area contributed by atoms with Crippen LogP contribution in [0.1, 0.15) is 13.3 Å². The van der Waals surface area contributed by atoms with E-state index < -0.39 is 0 Å². The van der Waals surface area contributed by atoms with E-state index >= 15 is 0 Å². The summed E-state index contributed by atoms with van der Waals surface area (Å²) in [6, 6.07) is 0. The summed E-state index contributed by atoms with van der Waals surface area (Å²) < 4.78 is 0. The molecule has 1 aliphatic rings. The van der Waals surface area contributed by atoms with Gasteiger partial charge in [0.05, 0.1) is 5.41 Å². The van der Waals surface area contributed by atoms with Crippen LogP contribution < -0.4 is 11.1 Å². The van der Waals surface area contributed by atoms with Gasteiger partial charge in [0.2, 0.25) is 5.91 Å². The molecule has 3 nitrogen and oxygen atoms in total. The van der Waals surface area contributed by atoms with Crippen molar-refractivity contribution >= 4 is 5.91 Å². The van der Waals surface area contributed by atoms with E-state index in [0.717, 1.165) is 13.0 Å². The molecule has 0 unspecified atom stereocenters. The first kappa shape index (κ1) is 6.55. The van der Waals surface area contributed by atoms with E-state index in [9.17, 15) is 4.79 Å². The van der Waals surface area contributed by atoms with Crippen molar-refractivity contribution in [1.29, 1.82) is 0 Å². The normalized spacial score (nSPS) is 34.7. The molecule has 1 saturated heterocycles. The lowest BCUT2D eigenvalue weighted by molar-refractivity contribution is -0.126. The predicted octanol–water partition coefficient (Wildman–Crippen LogP) is -0.529. The van der Waals surface area contributed by atoms with Crippen molar-refractivity contribution in [2.24, 2.45) is 11.1 Å². The van der Waals surface area contributed by atoms with Crippen LogP contribution in [-0.2, 0) is 4.79 Å². The van der Waals surface area contributed by atoms with Gasteiger partial charge in [-0.1, -0.05) is 0 Å². The molecule has 1 amide bonds. The van der Waals surface area contributed by atoms with Crippen LogP contribution in [0, 0.1) is 5.41 Å². The number of nitrogens with one attached hydrogen (secondary N) is 1. The van der Waals surface area contributed by atoms with E-state index in [-0.39, 0.29) is 11.3 Å². The Morgan fingerprint density at radius 1 is 1.89 bits per heavy atom. The number of hydrogen-bond donors (Lipinski definition) is 2. The van der Waals surface area contributed by atoms with Crippen molar-refractivity contribution in [3.05, 3.63) is 0 Å². The molecule has 1 fully saturated rings. The Kier molecular flexibility index (Phi) is 1.45. The maximum absolute atomic E-state index is 10.9. The molecule has 1 atom stereocenters. The van der Waals surface area contributed by atoms with E-state index in [1.165, 1.54) is 0 Å². The van der Waals surface area contributed by atoms with E-state index in [0.29, 0.717) is 6.54 Å². The minimum Gasteiger partial charge on any atom is -0.356 e. The Hall–Kier alpha value is -0.570. The highest BCUT2D eigenvalue weighted by Gasteiger charge is 2.35. The average Bonchev–Trinajstić information content (AvgIpc) is 2.15. The van der Waals surface area contributed by atoms with Gasteiger partial charge in [-0.3, -0.25) is 4.79 Å². The van der Waals surface area contributed by atoms with Gasteiger partial charge < -0.3 is 11.1 Å². The second-order valence-electron chi connectivity index (χ2n) is 2.77. The molecule has 1 rings (SSSR count). The van der Waals surface area contributed by atoms with Gasteiger partial charge in [0.25, 0.3) is 0 Å². The van der Waals surface area contributed by atoms with Crippen LogP contribution in [0.4, 0.5) is 0 Å². The van der Waals surface area contributed by atoms with Crippen LogP contribution in [-0.4, -0.2) is 19.0 Å². The topological polar surface area (TPSA) is 55.1 Å². The first-order valence-electron chi connectivity index (χ1n) is 3.17. The van der Waals surface area contributed by atoms with E-state index in [2.05, 4.69) is 5.32 Å². The summed E-state index contributed by atoms with van der Waals surface area (Å²) in [6.45, 7) is 3.14. The van der Waals surface area contributed by atoms with Crippen molar-refractivity contribution in [2.45, 2.75) is 13.3 Å². The van der Waals surface area contributed by atoms with Crippen molar-refractivity contribution in [1.82, 2.24) is 5.32 Å². The fraction of sp³-hybridized carbons (Fsp3) is 0.833. The van der Waals surface area contributed by atoms with Crippen molar-refractivity contribution in [2.75, 3.05) is 13.1 Å². The Balaban J connectivity index is 2.67. The number of amides is 1. The third kappa shape index (κ3) is 0.920. The Bertz CT molecular complexity index is 135. The number of hydrogen-bond acceptors (Lipinski definition) is 2. The second kappa shape index (κ2) is 1.99. The van der Waals surface area contributed by atoms with Crippen LogP contribution >= 0.6 is 0 Å². The minimum absolute atomic E-state index is 0.102. The van der Waals surface area contributed by atoms with E-state index in [4.69, 9.17) is 5.73 Å². The first-order chi connectivity index (χ1) is 4.19. The summed E-state index contributed by atoms with van der Waals surface area (Å²) in [5, 5.41) is 2.74. The molecule has 0 aromatic heterocycles. The zero-order valence-corrected chi connectivity index (χ0v) is 5.61. The molecule has 9 heavy (non-hydrogen) atoms. The maximum atomic E-state index is 10.9. The van der Waals surface area contributed by atoms with Gasteiger partial charge in [-0.2, -0.15) is 0 Å². The molecule has 1 aliphatic heterocycles. The number of carbonyl (C=O) groups is 1. The van der Waals surface area contributed by atoms with Crippen molar-refractivity contribution in [3.63, 3.8) is 0 Å². The van der Waals surface area contributed by atoms with Crippen LogP contribution in [0.5, 0.6) is 0 Å². The molecule has 52 valence electrons. The zero-order valence-electron chi connectivity index (χ0n) is 5.61. The molecule has 0 radical (unpaired) electrons. The van der Waals surface area contributed by atoms with Gasteiger partial charge >= 0.3 is 0 Å². The summed E-state index contributed by atoms with van der Waals surface area (Å²) in [5.41, 5.74) is 5.12. The molecule has 3 heteroatoms. The summed E-state index contributed by atoms with van der Waals surface area (Å²) in [6.07, 6.45) is 0.877.